The summed E-state index contributed by atoms with van der Waals surface area (Å²) in [5, 5.41) is 21.5. The highest BCUT2D eigenvalue weighted by Gasteiger charge is 2.05. The number of nitrogens with one attached hydrogen (secondary N) is 1. The number of hydrogen-bond acceptors (Lipinski definition) is 6. The third-order valence-electron chi connectivity index (χ3n) is 1.69. The van der Waals surface area contributed by atoms with Gasteiger partial charge in [0, 0.05) is 18.5 Å². The average Bonchev–Trinajstić information content (AvgIpc) is 2.25. The standard InChI is InChI=1S/C9H15N3O2S/c1-6-3-8(12-9(10-2)11-6)15-5-7(14)4-13/h3,7,13-14H,4-5H2,1-2H3,(H,10,11,12). The van der Waals surface area contributed by atoms with Crippen LogP contribution in [0.5, 0.6) is 0 Å². The van der Waals surface area contributed by atoms with Gasteiger partial charge in [-0.25, -0.2) is 9.97 Å². The molecule has 1 unspecified atom stereocenters. The van der Waals surface area contributed by atoms with Gasteiger partial charge in [0.1, 0.15) is 5.03 Å². The van der Waals surface area contributed by atoms with Crippen molar-refractivity contribution in [2.24, 2.45) is 0 Å². The first kappa shape index (κ1) is 12.2. The molecule has 0 radical (unpaired) electrons. The highest BCUT2D eigenvalue weighted by molar-refractivity contribution is 7.99. The number of aliphatic hydroxyl groups excluding tert-OH is 2. The van der Waals surface area contributed by atoms with Crippen molar-refractivity contribution in [2.75, 3.05) is 24.7 Å². The van der Waals surface area contributed by atoms with Crippen molar-refractivity contribution in [3.8, 4) is 0 Å². The molecule has 0 aliphatic heterocycles. The number of hydrogen-bond donors (Lipinski definition) is 3. The van der Waals surface area contributed by atoms with Gasteiger partial charge in [0.05, 0.1) is 12.7 Å². The van der Waals surface area contributed by atoms with Crippen molar-refractivity contribution >= 4 is 17.7 Å². The molecule has 0 aliphatic rings. The Morgan fingerprint density at radius 1 is 1.53 bits per heavy atom. The smallest absolute Gasteiger partial charge is 0.223 e. The summed E-state index contributed by atoms with van der Waals surface area (Å²) in [7, 11) is 1.76. The first-order valence-corrected chi connectivity index (χ1v) is 5.59. The zero-order valence-electron chi connectivity index (χ0n) is 8.77. The monoisotopic (exact) mass is 229 g/mol. The van der Waals surface area contributed by atoms with Crippen LogP contribution < -0.4 is 5.32 Å². The summed E-state index contributed by atoms with van der Waals surface area (Å²) >= 11 is 1.40. The average molecular weight is 229 g/mol. The lowest BCUT2D eigenvalue weighted by molar-refractivity contribution is 0.113. The van der Waals surface area contributed by atoms with Gasteiger partial charge >= 0.3 is 0 Å². The van der Waals surface area contributed by atoms with Crippen LogP contribution in [0.2, 0.25) is 0 Å². The molecule has 1 aromatic heterocycles. The molecule has 6 heteroatoms. The fraction of sp³-hybridized carbons (Fsp3) is 0.556. The Balaban J connectivity index is 2.64. The van der Waals surface area contributed by atoms with E-state index >= 15 is 0 Å². The maximum absolute atomic E-state index is 9.19. The molecular formula is C9H15N3O2S. The molecule has 1 heterocycles. The Bertz CT molecular complexity index is 322. The Labute approximate surface area is 93.0 Å². The molecule has 1 aromatic rings. The van der Waals surface area contributed by atoms with Gasteiger partial charge in [-0.15, -0.1) is 11.8 Å². The second-order valence-corrected chi connectivity index (χ2v) is 4.11. The Hall–Kier alpha value is -0.850. The molecule has 0 saturated heterocycles. The van der Waals surface area contributed by atoms with E-state index in [0.29, 0.717) is 11.7 Å². The topological polar surface area (TPSA) is 78.3 Å². The lowest BCUT2D eigenvalue weighted by Gasteiger charge is -2.07. The zero-order chi connectivity index (χ0) is 11.3. The van der Waals surface area contributed by atoms with E-state index in [9.17, 15) is 5.11 Å². The van der Waals surface area contributed by atoms with E-state index in [1.54, 1.807) is 7.05 Å². The Morgan fingerprint density at radius 3 is 2.87 bits per heavy atom. The molecule has 0 fully saturated rings. The van der Waals surface area contributed by atoms with Crippen LogP contribution in [0.25, 0.3) is 0 Å². The van der Waals surface area contributed by atoms with Gasteiger partial charge in [0.2, 0.25) is 5.95 Å². The van der Waals surface area contributed by atoms with Gasteiger partial charge < -0.3 is 15.5 Å². The van der Waals surface area contributed by atoms with Gasteiger partial charge in [-0.1, -0.05) is 0 Å². The fourth-order valence-corrected chi connectivity index (χ4v) is 1.83. The predicted molar refractivity (Wildman–Crippen MR) is 60.1 cm³/mol. The molecule has 5 nitrogen and oxygen atoms in total. The minimum Gasteiger partial charge on any atom is -0.394 e. The molecule has 0 spiro atoms. The van der Waals surface area contributed by atoms with E-state index in [1.807, 2.05) is 13.0 Å². The van der Waals surface area contributed by atoms with Gasteiger partial charge in [-0.05, 0) is 13.0 Å². The summed E-state index contributed by atoms with van der Waals surface area (Å²) in [6, 6.07) is 1.84. The lowest BCUT2D eigenvalue weighted by atomic mass is 10.4. The van der Waals surface area contributed by atoms with Crippen molar-refractivity contribution in [3.05, 3.63) is 11.8 Å². The summed E-state index contributed by atoms with van der Waals surface area (Å²) < 4.78 is 0. The van der Waals surface area contributed by atoms with Crippen molar-refractivity contribution in [1.82, 2.24) is 9.97 Å². The van der Waals surface area contributed by atoms with Crippen LogP contribution in [-0.4, -0.2) is 45.7 Å². The third-order valence-corrected chi connectivity index (χ3v) is 2.75. The van der Waals surface area contributed by atoms with E-state index in [-0.39, 0.29) is 6.61 Å². The first-order valence-electron chi connectivity index (χ1n) is 4.61. The highest BCUT2D eigenvalue weighted by Crippen LogP contribution is 2.18. The molecule has 0 aliphatic carbocycles. The van der Waals surface area contributed by atoms with Gasteiger partial charge in [-0.2, -0.15) is 0 Å². The summed E-state index contributed by atoms with van der Waals surface area (Å²) in [6.45, 7) is 1.66. The van der Waals surface area contributed by atoms with Crippen molar-refractivity contribution in [3.63, 3.8) is 0 Å². The van der Waals surface area contributed by atoms with Gasteiger partial charge in [0.15, 0.2) is 0 Å². The number of aliphatic hydroxyl groups is 2. The molecule has 3 N–H and O–H groups in total. The summed E-state index contributed by atoms with van der Waals surface area (Å²) in [5.74, 6) is 0.992. The second kappa shape index (κ2) is 5.89. The van der Waals surface area contributed by atoms with Gasteiger partial charge in [-0.3, -0.25) is 0 Å². The van der Waals surface area contributed by atoms with Crippen LogP contribution in [0, 0.1) is 6.92 Å². The highest BCUT2D eigenvalue weighted by atomic mass is 32.2. The molecule has 0 saturated carbocycles. The van der Waals surface area contributed by atoms with E-state index in [4.69, 9.17) is 5.11 Å². The Morgan fingerprint density at radius 2 is 2.27 bits per heavy atom. The molecule has 15 heavy (non-hydrogen) atoms. The van der Waals surface area contributed by atoms with Crippen LogP contribution >= 0.6 is 11.8 Å². The van der Waals surface area contributed by atoms with Crippen molar-refractivity contribution < 1.29 is 10.2 Å². The van der Waals surface area contributed by atoms with E-state index in [2.05, 4.69) is 15.3 Å². The summed E-state index contributed by atoms with van der Waals surface area (Å²) in [5.41, 5.74) is 0.871. The minimum atomic E-state index is -0.705. The number of anilines is 1. The maximum Gasteiger partial charge on any atom is 0.223 e. The second-order valence-electron chi connectivity index (χ2n) is 3.07. The predicted octanol–water partition coefficient (Wildman–Crippen LogP) is 0.272. The molecule has 0 bridgehead atoms. The van der Waals surface area contributed by atoms with E-state index < -0.39 is 6.10 Å². The Kier molecular flexibility index (Phi) is 4.80. The molecule has 0 aromatic carbocycles. The molecule has 1 rings (SSSR count). The summed E-state index contributed by atoms with van der Waals surface area (Å²) in [6.07, 6.45) is -0.705. The van der Waals surface area contributed by atoms with E-state index in [1.165, 1.54) is 11.8 Å². The third kappa shape index (κ3) is 4.03. The number of thioether (sulfide) groups is 1. The van der Waals surface area contributed by atoms with Crippen LogP contribution in [0.15, 0.2) is 11.1 Å². The van der Waals surface area contributed by atoms with Crippen molar-refractivity contribution in [1.29, 1.82) is 0 Å². The van der Waals surface area contributed by atoms with Gasteiger partial charge in [0.25, 0.3) is 0 Å². The number of aromatic nitrogens is 2. The summed E-state index contributed by atoms with van der Waals surface area (Å²) in [4.78, 5) is 8.36. The van der Waals surface area contributed by atoms with Crippen LogP contribution in [-0.2, 0) is 0 Å². The zero-order valence-corrected chi connectivity index (χ0v) is 9.58. The van der Waals surface area contributed by atoms with Crippen LogP contribution in [0.4, 0.5) is 5.95 Å². The molecular weight excluding hydrogens is 214 g/mol. The molecule has 84 valence electrons. The molecule has 1 atom stereocenters. The lowest BCUT2D eigenvalue weighted by Crippen LogP contribution is -2.14. The fourth-order valence-electron chi connectivity index (χ4n) is 0.960. The first-order chi connectivity index (χ1) is 7.15. The minimum absolute atomic E-state index is 0.226. The number of rotatable bonds is 5. The quantitative estimate of drug-likeness (QED) is 0.497. The maximum atomic E-state index is 9.19. The van der Waals surface area contributed by atoms with Crippen molar-refractivity contribution in [2.45, 2.75) is 18.1 Å². The van der Waals surface area contributed by atoms with Crippen LogP contribution in [0.3, 0.4) is 0 Å². The molecule has 0 amide bonds. The normalized spacial score (nSPS) is 12.5. The number of aryl methyl sites for hydroxylation is 1. The largest absolute Gasteiger partial charge is 0.394 e. The van der Waals surface area contributed by atoms with E-state index in [0.717, 1.165) is 10.7 Å². The van der Waals surface area contributed by atoms with Crippen LogP contribution in [0.1, 0.15) is 5.69 Å². The SMILES string of the molecule is CNc1nc(C)cc(SCC(O)CO)n1. The number of nitrogens with zero attached hydrogens (tertiary/aromatic N) is 2.